The molecule has 1 aromatic carbocycles. The zero-order valence-electron chi connectivity index (χ0n) is 13.9. The molecule has 0 spiro atoms. The van der Waals surface area contributed by atoms with Crippen LogP contribution < -0.4 is 10.6 Å². The van der Waals surface area contributed by atoms with E-state index in [0.717, 1.165) is 17.8 Å². The van der Waals surface area contributed by atoms with E-state index < -0.39 is 30.3 Å². The fraction of sp³-hybridized carbons (Fsp3) is 0.353. The molecule has 2 aromatic rings. The number of imide groups is 1. The lowest BCUT2D eigenvalue weighted by molar-refractivity contribution is -0.123. The van der Waals surface area contributed by atoms with Gasteiger partial charge in [0.25, 0.3) is 5.91 Å². The molecule has 0 bridgehead atoms. The summed E-state index contributed by atoms with van der Waals surface area (Å²) >= 11 is 1.07. The molecule has 0 aliphatic rings. The molecule has 2 N–H and O–H groups in total. The van der Waals surface area contributed by atoms with Gasteiger partial charge in [0, 0.05) is 16.6 Å². The molecule has 3 amide bonds. The highest BCUT2D eigenvalue weighted by Gasteiger charge is 2.16. The number of nitrogens with one attached hydrogen (secondary N) is 2. The highest BCUT2D eigenvalue weighted by Crippen LogP contribution is 2.27. The summed E-state index contributed by atoms with van der Waals surface area (Å²) in [6.45, 7) is 3.89. The molecule has 0 saturated heterocycles. The number of carbonyl (C=O) groups is 3. The van der Waals surface area contributed by atoms with Crippen molar-refractivity contribution < 1.29 is 23.5 Å². The van der Waals surface area contributed by atoms with Crippen molar-refractivity contribution in [1.82, 2.24) is 10.6 Å². The van der Waals surface area contributed by atoms with E-state index in [4.69, 9.17) is 4.74 Å². The summed E-state index contributed by atoms with van der Waals surface area (Å²) in [5.74, 6) is -1.47. The van der Waals surface area contributed by atoms with Crippen LogP contribution in [0.3, 0.4) is 0 Å². The number of fused-ring (bicyclic) bond motifs is 1. The Morgan fingerprint density at radius 2 is 2.04 bits per heavy atom. The molecule has 25 heavy (non-hydrogen) atoms. The summed E-state index contributed by atoms with van der Waals surface area (Å²) in [7, 11) is 0. The molecule has 0 unspecified atom stereocenters. The average molecular weight is 366 g/mol. The molecule has 134 valence electrons. The smallest absolute Gasteiger partial charge is 0.348 e. The van der Waals surface area contributed by atoms with E-state index >= 15 is 0 Å². The largest absolute Gasteiger partial charge is 0.451 e. The van der Waals surface area contributed by atoms with Crippen molar-refractivity contribution >= 4 is 39.3 Å². The van der Waals surface area contributed by atoms with Gasteiger partial charge in [0.05, 0.1) is 0 Å². The van der Waals surface area contributed by atoms with E-state index in [-0.39, 0.29) is 4.88 Å². The maximum Gasteiger partial charge on any atom is 0.348 e. The van der Waals surface area contributed by atoms with Gasteiger partial charge in [-0.25, -0.2) is 14.0 Å². The van der Waals surface area contributed by atoms with Crippen molar-refractivity contribution in [3.8, 4) is 0 Å². The Morgan fingerprint density at radius 3 is 2.72 bits per heavy atom. The van der Waals surface area contributed by atoms with Crippen molar-refractivity contribution in [2.24, 2.45) is 5.92 Å². The standard InChI is InChI=1S/C17H19FN2O4S/c1-10(2)6-7-19-17(23)20-15(21)9-24-16(22)14-8-11-12(18)4-3-5-13(11)25-14/h3-5,8,10H,6-7,9H2,1-2H3,(H2,19,20,21,23). The molecular weight excluding hydrogens is 347 g/mol. The number of halogens is 1. The zero-order chi connectivity index (χ0) is 18.4. The Bertz CT molecular complexity index is 788. The molecule has 0 aliphatic heterocycles. The van der Waals surface area contributed by atoms with Crippen LogP contribution >= 0.6 is 11.3 Å². The minimum atomic E-state index is -0.740. The molecule has 1 heterocycles. The van der Waals surface area contributed by atoms with Gasteiger partial charge in [-0.1, -0.05) is 19.9 Å². The first-order valence-corrected chi connectivity index (χ1v) is 8.61. The molecule has 0 fully saturated rings. The molecule has 0 atom stereocenters. The van der Waals surface area contributed by atoms with E-state index in [9.17, 15) is 18.8 Å². The monoisotopic (exact) mass is 366 g/mol. The number of urea groups is 1. The summed E-state index contributed by atoms with van der Waals surface area (Å²) in [6.07, 6.45) is 0.791. The number of hydrogen-bond donors (Lipinski definition) is 2. The lowest BCUT2D eigenvalue weighted by atomic mass is 10.1. The van der Waals surface area contributed by atoms with Crippen molar-refractivity contribution in [2.45, 2.75) is 20.3 Å². The minimum Gasteiger partial charge on any atom is -0.451 e. The van der Waals surface area contributed by atoms with Gasteiger partial charge >= 0.3 is 12.0 Å². The predicted molar refractivity (Wildman–Crippen MR) is 93.1 cm³/mol. The van der Waals surface area contributed by atoms with Gasteiger partial charge in [0.2, 0.25) is 0 Å². The molecule has 6 nitrogen and oxygen atoms in total. The third-order valence-electron chi connectivity index (χ3n) is 3.30. The van der Waals surface area contributed by atoms with E-state index in [1.54, 1.807) is 12.1 Å². The van der Waals surface area contributed by atoms with Crippen LogP contribution in [0.4, 0.5) is 9.18 Å². The van der Waals surface area contributed by atoms with Gasteiger partial charge in [-0.05, 0) is 30.5 Å². The number of hydrogen-bond acceptors (Lipinski definition) is 5. The summed E-state index contributed by atoms with van der Waals surface area (Å²) in [5, 5.41) is 4.94. The number of carbonyl (C=O) groups excluding carboxylic acids is 3. The van der Waals surface area contributed by atoms with Crippen LogP contribution in [0.5, 0.6) is 0 Å². The highest BCUT2D eigenvalue weighted by molar-refractivity contribution is 7.20. The molecule has 0 aliphatic carbocycles. The third-order valence-corrected chi connectivity index (χ3v) is 4.38. The number of benzene rings is 1. The van der Waals surface area contributed by atoms with Crippen LogP contribution in [-0.4, -0.2) is 31.1 Å². The Morgan fingerprint density at radius 1 is 1.28 bits per heavy atom. The Kier molecular flexibility index (Phi) is 6.46. The lowest BCUT2D eigenvalue weighted by Crippen LogP contribution is -2.41. The van der Waals surface area contributed by atoms with E-state index in [1.807, 2.05) is 13.8 Å². The summed E-state index contributed by atoms with van der Waals surface area (Å²) < 4.78 is 19.1. The SMILES string of the molecule is CC(C)CCNC(=O)NC(=O)COC(=O)c1cc2c(F)cccc2s1. The van der Waals surface area contributed by atoms with Crippen molar-refractivity contribution in [3.63, 3.8) is 0 Å². The first-order valence-electron chi connectivity index (χ1n) is 7.79. The van der Waals surface area contributed by atoms with Crippen molar-refractivity contribution in [1.29, 1.82) is 0 Å². The second-order valence-electron chi connectivity index (χ2n) is 5.83. The third kappa shape index (κ3) is 5.53. The molecule has 2 rings (SSSR count). The van der Waals surface area contributed by atoms with Crippen LogP contribution in [0.2, 0.25) is 0 Å². The number of amides is 3. The first-order chi connectivity index (χ1) is 11.9. The van der Waals surface area contributed by atoms with Gasteiger partial charge in [0.15, 0.2) is 6.61 Å². The fourth-order valence-electron chi connectivity index (χ4n) is 2.01. The minimum absolute atomic E-state index is 0.189. The van der Waals surface area contributed by atoms with Gasteiger partial charge in [-0.15, -0.1) is 11.3 Å². The average Bonchev–Trinajstić information content (AvgIpc) is 2.98. The first kappa shape index (κ1) is 18.9. The van der Waals surface area contributed by atoms with E-state index in [0.29, 0.717) is 22.5 Å². The highest BCUT2D eigenvalue weighted by atomic mass is 32.1. The Hall–Kier alpha value is -2.48. The van der Waals surface area contributed by atoms with Crippen LogP contribution in [0.25, 0.3) is 10.1 Å². The second-order valence-corrected chi connectivity index (χ2v) is 6.91. The summed E-state index contributed by atoms with van der Waals surface area (Å²) in [4.78, 5) is 35.2. The number of rotatable bonds is 6. The molecule has 8 heteroatoms. The summed E-state index contributed by atoms with van der Waals surface area (Å²) in [6, 6.07) is 5.29. The van der Waals surface area contributed by atoms with Gasteiger partial charge in [-0.3, -0.25) is 10.1 Å². The van der Waals surface area contributed by atoms with Crippen molar-refractivity contribution in [2.75, 3.05) is 13.2 Å². The molecule has 0 saturated carbocycles. The quantitative estimate of drug-likeness (QED) is 0.770. The predicted octanol–water partition coefficient (Wildman–Crippen LogP) is 3.07. The van der Waals surface area contributed by atoms with Crippen LogP contribution in [0.1, 0.15) is 29.9 Å². The Labute approximate surface area is 148 Å². The van der Waals surface area contributed by atoms with Gasteiger partial charge in [-0.2, -0.15) is 0 Å². The van der Waals surface area contributed by atoms with Gasteiger partial charge in [0.1, 0.15) is 10.7 Å². The van der Waals surface area contributed by atoms with Crippen LogP contribution in [-0.2, 0) is 9.53 Å². The molecule has 1 aromatic heterocycles. The number of ether oxygens (including phenoxy) is 1. The lowest BCUT2D eigenvalue weighted by Gasteiger charge is -2.08. The maximum atomic E-state index is 13.6. The summed E-state index contributed by atoms with van der Waals surface area (Å²) in [5.41, 5.74) is 0. The topological polar surface area (TPSA) is 84.5 Å². The molecular formula is C17H19FN2O4S. The zero-order valence-corrected chi connectivity index (χ0v) is 14.7. The van der Waals surface area contributed by atoms with E-state index in [2.05, 4.69) is 10.6 Å². The van der Waals surface area contributed by atoms with Crippen molar-refractivity contribution in [3.05, 3.63) is 35.0 Å². The maximum absolute atomic E-state index is 13.6. The number of esters is 1. The van der Waals surface area contributed by atoms with Crippen LogP contribution in [0, 0.1) is 11.7 Å². The van der Waals surface area contributed by atoms with Crippen LogP contribution in [0.15, 0.2) is 24.3 Å². The molecule has 0 radical (unpaired) electrons. The normalized spacial score (nSPS) is 10.7. The van der Waals surface area contributed by atoms with E-state index in [1.165, 1.54) is 12.1 Å². The Balaban J connectivity index is 1.81. The van der Waals surface area contributed by atoms with Gasteiger partial charge < -0.3 is 10.1 Å². The number of thiophene rings is 1. The second kappa shape index (κ2) is 8.57. The fourth-order valence-corrected chi connectivity index (χ4v) is 2.98.